The average Bonchev–Trinajstić information content (AvgIpc) is 2.37. The lowest BCUT2D eigenvalue weighted by Gasteiger charge is -2.42. The van der Waals surface area contributed by atoms with Gasteiger partial charge in [-0.25, -0.2) is 0 Å². The summed E-state index contributed by atoms with van der Waals surface area (Å²) < 4.78 is 5.22. The Labute approximate surface area is 85.0 Å². The van der Waals surface area contributed by atoms with E-state index in [0.29, 0.717) is 6.61 Å². The summed E-state index contributed by atoms with van der Waals surface area (Å²) >= 11 is 0. The van der Waals surface area contributed by atoms with Gasteiger partial charge in [-0.3, -0.25) is 0 Å². The molecule has 3 nitrogen and oxygen atoms in total. The van der Waals surface area contributed by atoms with Gasteiger partial charge in [0.25, 0.3) is 0 Å². The van der Waals surface area contributed by atoms with Gasteiger partial charge in [0.15, 0.2) is 0 Å². The van der Waals surface area contributed by atoms with Crippen LogP contribution in [0.25, 0.3) is 0 Å². The Hall–Kier alpha value is -0.120. The maximum absolute atomic E-state index is 9.34. The Morgan fingerprint density at radius 1 is 1.21 bits per heavy atom. The van der Waals surface area contributed by atoms with E-state index in [4.69, 9.17) is 4.74 Å². The predicted molar refractivity (Wildman–Crippen MR) is 53.0 cm³/mol. The van der Waals surface area contributed by atoms with Crippen molar-refractivity contribution >= 4 is 0 Å². The van der Waals surface area contributed by atoms with E-state index in [9.17, 15) is 5.11 Å². The second kappa shape index (κ2) is 3.19. The van der Waals surface area contributed by atoms with Crippen LogP contribution in [0.2, 0.25) is 0 Å². The van der Waals surface area contributed by atoms with Crippen molar-refractivity contribution in [1.82, 2.24) is 4.90 Å². The predicted octanol–water partition coefficient (Wildman–Crippen LogP) is 0.337. The molecule has 0 bridgehead atoms. The van der Waals surface area contributed by atoms with Crippen LogP contribution in [0.5, 0.6) is 0 Å². The molecule has 0 spiro atoms. The van der Waals surface area contributed by atoms with Crippen molar-refractivity contribution in [3.05, 3.63) is 0 Å². The highest BCUT2D eigenvalue weighted by atomic mass is 16.5. The summed E-state index contributed by atoms with van der Waals surface area (Å²) in [7, 11) is 0. The molecule has 1 N–H and O–H groups in total. The molecule has 1 aliphatic carbocycles. The van der Waals surface area contributed by atoms with Gasteiger partial charge in [0, 0.05) is 19.6 Å². The zero-order valence-corrected chi connectivity index (χ0v) is 8.61. The summed E-state index contributed by atoms with van der Waals surface area (Å²) in [5, 5.41) is 9.34. The molecule has 2 saturated heterocycles. The highest BCUT2D eigenvalue weighted by molar-refractivity contribution is 4.95. The van der Waals surface area contributed by atoms with Crippen molar-refractivity contribution in [3.63, 3.8) is 0 Å². The minimum atomic E-state index is 0.0871. The molecule has 0 radical (unpaired) electrons. The lowest BCUT2D eigenvalue weighted by Crippen LogP contribution is -2.52. The average molecular weight is 197 g/mol. The first-order chi connectivity index (χ1) is 6.81. The summed E-state index contributed by atoms with van der Waals surface area (Å²) in [5.74, 6) is 1.96. The Bertz CT molecular complexity index is 210. The van der Waals surface area contributed by atoms with Crippen LogP contribution in [-0.4, -0.2) is 49.5 Å². The monoisotopic (exact) mass is 197 g/mol. The third-order valence-electron chi connectivity index (χ3n) is 4.27. The fourth-order valence-corrected chi connectivity index (χ4v) is 3.08. The first-order valence-corrected chi connectivity index (χ1v) is 5.72. The van der Waals surface area contributed by atoms with Crippen molar-refractivity contribution in [1.29, 1.82) is 0 Å². The molecule has 3 rings (SSSR count). The van der Waals surface area contributed by atoms with Crippen LogP contribution in [-0.2, 0) is 4.74 Å². The van der Waals surface area contributed by atoms with E-state index in [-0.39, 0.29) is 5.41 Å². The van der Waals surface area contributed by atoms with Crippen LogP contribution in [0.3, 0.4) is 0 Å². The standard InChI is InChI=1S/C11H19NO2/c13-6-11(7-14-8-11)5-12-3-9-1-2-10(9)4-12/h9-10,13H,1-8H2. The quantitative estimate of drug-likeness (QED) is 0.708. The molecule has 3 fully saturated rings. The van der Waals surface area contributed by atoms with Crippen LogP contribution < -0.4 is 0 Å². The molecule has 1 saturated carbocycles. The number of aliphatic hydroxyl groups excluding tert-OH is 1. The van der Waals surface area contributed by atoms with E-state index >= 15 is 0 Å². The largest absolute Gasteiger partial charge is 0.396 e. The van der Waals surface area contributed by atoms with Crippen LogP contribution >= 0.6 is 0 Å². The van der Waals surface area contributed by atoms with Gasteiger partial charge >= 0.3 is 0 Å². The van der Waals surface area contributed by atoms with Crippen molar-refractivity contribution in [2.45, 2.75) is 12.8 Å². The molecule has 2 heterocycles. The van der Waals surface area contributed by atoms with E-state index < -0.39 is 0 Å². The van der Waals surface area contributed by atoms with E-state index in [1.165, 1.54) is 25.9 Å². The van der Waals surface area contributed by atoms with Crippen LogP contribution in [0.15, 0.2) is 0 Å². The van der Waals surface area contributed by atoms with Gasteiger partial charge in [-0.1, -0.05) is 0 Å². The van der Waals surface area contributed by atoms with E-state index in [1.54, 1.807) is 0 Å². The van der Waals surface area contributed by atoms with E-state index in [1.807, 2.05) is 0 Å². The highest BCUT2D eigenvalue weighted by Crippen LogP contribution is 2.41. The number of rotatable bonds is 3. The fourth-order valence-electron chi connectivity index (χ4n) is 3.08. The third kappa shape index (κ3) is 1.30. The van der Waals surface area contributed by atoms with E-state index in [2.05, 4.69) is 4.90 Å². The molecule has 0 amide bonds. The van der Waals surface area contributed by atoms with Crippen molar-refractivity contribution in [2.24, 2.45) is 17.3 Å². The first-order valence-electron chi connectivity index (χ1n) is 5.72. The second-order valence-electron chi connectivity index (χ2n) is 5.44. The maximum atomic E-state index is 9.34. The molecule has 0 aromatic heterocycles. The van der Waals surface area contributed by atoms with Gasteiger partial charge in [-0.2, -0.15) is 0 Å². The molecule has 0 aromatic carbocycles. The minimum absolute atomic E-state index is 0.0871. The van der Waals surface area contributed by atoms with Crippen LogP contribution in [0, 0.1) is 17.3 Å². The number of ether oxygens (including phenoxy) is 1. The summed E-state index contributed by atoms with van der Waals surface area (Å²) in [6, 6.07) is 0. The number of aliphatic hydroxyl groups is 1. The topological polar surface area (TPSA) is 32.7 Å². The van der Waals surface area contributed by atoms with Gasteiger partial charge < -0.3 is 14.7 Å². The Balaban J connectivity index is 1.56. The number of hydrogen-bond donors (Lipinski definition) is 1. The van der Waals surface area contributed by atoms with Crippen molar-refractivity contribution < 1.29 is 9.84 Å². The molecule has 2 aliphatic heterocycles. The lowest BCUT2D eigenvalue weighted by molar-refractivity contribution is -0.146. The van der Waals surface area contributed by atoms with Crippen LogP contribution in [0.4, 0.5) is 0 Å². The molecule has 80 valence electrons. The highest BCUT2D eigenvalue weighted by Gasteiger charge is 2.45. The Morgan fingerprint density at radius 2 is 1.86 bits per heavy atom. The van der Waals surface area contributed by atoms with Gasteiger partial charge in [0.1, 0.15) is 0 Å². The molecular weight excluding hydrogens is 178 g/mol. The maximum Gasteiger partial charge on any atom is 0.0579 e. The zero-order valence-electron chi connectivity index (χ0n) is 8.61. The van der Waals surface area contributed by atoms with Gasteiger partial charge in [0.2, 0.25) is 0 Å². The van der Waals surface area contributed by atoms with Crippen LogP contribution in [0.1, 0.15) is 12.8 Å². The first kappa shape index (κ1) is 9.13. The Kier molecular flexibility index (Phi) is 2.08. The molecular formula is C11H19NO2. The molecule has 2 atom stereocenters. The lowest BCUT2D eigenvalue weighted by atomic mass is 9.77. The number of nitrogens with zero attached hydrogens (tertiary/aromatic N) is 1. The molecule has 2 unspecified atom stereocenters. The Morgan fingerprint density at radius 3 is 2.21 bits per heavy atom. The summed E-state index contributed by atoms with van der Waals surface area (Å²) in [6.45, 7) is 5.40. The van der Waals surface area contributed by atoms with Crippen molar-refractivity contribution in [2.75, 3.05) is 39.5 Å². The SMILES string of the molecule is OCC1(CN2CC3CCC3C2)COC1. The third-order valence-corrected chi connectivity index (χ3v) is 4.27. The van der Waals surface area contributed by atoms with Gasteiger partial charge in [-0.05, 0) is 24.7 Å². The number of likely N-dealkylation sites (tertiary alicyclic amines) is 1. The summed E-state index contributed by atoms with van der Waals surface area (Å²) in [4.78, 5) is 2.54. The molecule has 14 heavy (non-hydrogen) atoms. The summed E-state index contributed by atoms with van der Waals surface area (Å²) in [5.41, 5.74) is 0.0871. The summed E-state index contributed by atoms with van der Waals surface area (Å²) in [6.07, 6.45) is 2.87. The number of fused-ring (bicyclic) bond motifs is 1. The molecule has 3 heteroatoms. The smallest absolute Gasteiger partial charge is 0.0579 e. The fraction of sp³-hybridized carbons (Fsp3) is 1.00. The second-order valence-corrected chi connectivity index (χ2v) is 5.44. The minimum Gasteiger partial charge on any atom is -0.396 e. The van der Waals surface area contributed by atoms with Gasteiger partial charge in [-0.15, -0.1) is 0 Å². The normalized spacial score (nSPS) is 40.1. The molecule has 0 aromatic rings. The number of hydrogen-bond acceptors (Lipinski definition) is 3. The van der Waals surface area contributed by atoms with Crippen molar-refractivity contribution in [3.8, 4) is 0 Å². The van der Waals surface area contributed by atoms with E-state index in [0.717, 1.165) is 31.6 Å². The zero-order chi connectivity index (χ0) is 9.60. The molecule has 3 aliphatic rings. The van der Waals surface area contributed by atoms with Gasteiger partial charge in [0.05, 0.1) is 25.2 Å².